The van der Waals surface area contributed by atoms with E-state index in [0.29, 0.717) is 11.4 Å². The first-order valence-electron chi connectivity index (χ1n) is 8.82. The highest BCUT2D eigenvalue weighted by atomic mass is 19.4. The molecule has 0 radical (unpaired) electrons. The predicted octanol–water partition coefficient (Wildman–Crippen LogP) is 5.32. The number of methoxy groups -OCH3 is 1. The van der Waals surface area contributed by atoms with Crippen LogP contribution in [0.4, 0.5) is 29.3 Å². The van der Waals surface area contributed by atoms with E-state index in [0.717, 1.165) is 12.1 Å². The van der Waals surface area contributed by atoms with Gasteiger partial charge in [-0.1, -0.05) is 6.07 Å². The molecule has 160 valence electrons. The van der Waals surface area contributed by atoms with Crippen molar-refractivity contribution in [2.24, 2.45) is 0 Å². The fraction of sp³-hybridized carbons (Fsp3) is 0.0952. The molecule has 0 aliphatic heterocycles. The zero-order valence-corrected chi connectivity index (χ0v) is 16.1. The summed E-state index contributed by atoms with van der Waals surface area (Å²) in [5, 5.41) is 4.86. The average molecular weight is 431 g/mol. The van der Waals surface area contributed by atoms with E-state index in [1.807, 2.05) is 0 Å². The topological polar surface area (TPSA) is 89.5 Å². The van der Waals surface area contributed by atoms with Gasteiger partial charge in [0.25, 0.3) is 0 Å². The number of benzene rings is 2. The number of halogens is 3. The first-order chi connectivity index (χ1) is 14.7. The van der Waals surface area contributed by atoms with E-state index < -0.39 is 23.7 Å². The average Bonchev–Trinajstić information content (AvgIpc) is 2.74. The second kappa shape index (κ2) is 9.16. The first kappa shape index (κ1) is 21.6. The van der Waals surface area contributed by atoms with Crippen LogP contribution in [-0.4, -0.2) is 24.1 Å². The molecule has 0 atom stereocenters. The number of anilines is 2. The number of rotatable bonds is 5. The van der Waals surface area contributed by atoms with Gasteiger partial charge in [-0.3, -0.25) is 0 Å². The van der Waals surface area contributed by atoms with Gasteiger partial charge in [0.2, 0.25) is 5.88 Å². The third-order valence-electron chi connectivity index (χ3n) is 3.94. The van der Waals surface area contributed by atoms with Crippen LogP contribution in [0.5, 0.6) is 11.6 Å². The quantitative estimate of drug-likeness (QED) is 0.534. The molecule has 0 fully saturated rings. The molecule has 10 heteroatoms. The summed E-state index contributed by atoms with van der Waals surface area (Å²) in [7, 11) is 1.27. The van der Waals surface area contributed by atoms with Crippen molar-refractivity contribution < 1.29 is 32.2 Å². The largest absolute Gasteiger partial charge is 0.465 e. The molecule has 2 N–H and O–H groups in total. The number of hydrogen-bond acceptors (Lipinski definition) is 5. The molecule has 0 bridgehead atoms. The van der Waals surface area contributed by atoms with Gasteiger partial charge in [0.1, 0.15) is 5.75 Å². The Morgan fingerprint density at radius 3 is 2.26 bits per heavy atom. The summed E-state index contributed by atoms with van der Waals surface area (Å²) in [5.41, 5.74) is -0.180. The predicted molar refractivity (Wildman–Crippen MR) is 106 cm³/mol. The maximum absolute atomic E-state index is 12.8. The zero-order valence-electron chi connectivity index (χ0n) is 16.1. The molecular weight excluding hydrogens is 415 g/mol. The van der Waals surface area contributed by atoms with E-state index >= 15 is 0 Å². The first-order valence-corrected chi connectivity index (χ1v) is 8.82. The number of carbonyl (C=O) groups is 2. The van der Waals surface area contributed by atoms with Crippen LogP contribution in [0, 0.1) is 0 Å². The minimum Gasteiger partial charge on any atom is -0.465 e. The fourth-order valence-electron chi connectivity index (χ4n) is 2.47. The highest BCUT2D eigenvalue weighted by molar-refractivity contribution is 5.99. The highest BCUT2D eigenvalue weighted by Gasteiger charge is 2.30. The summed E-state index contributed by atoms with van der Waals surface area (Å²) in [6.07, 6.45) is -3.19. The lowest BCUT2D eigenvalue weighted by Crippen LogP contribution is -2.19. The maximum Gasteiger partial charge on any atom is 0.416 e. The minimum atomic E-state index is -4.50. The molecular formula is C21H16F3N3O4. The lowest BCUT2D eigenvalue weighted by Gasteiger charge is -2.11. The van der Waals surface area contributed by atoms with Crippen molar-refractivity contribution in [3.8, 4) is 11.6 Å². The monoisotopic (exact) mass is 431 g/mol. The minimum absolute atomic E-state index is 0.00811. The molecule has 0 saturated carbocycles. The van der Waals surface area contributed by atoms with Gasteiger partial charge in [0.15, 0.2) is 0 Å². The van der Waals surface area contributed by atoms with E-state index in [-0.39, 0.29) is 17.1 Å². The van der Waals surface area contributed by atoms with E-state index in [1.54, 1.807) is 24.3 Å². The van der Waals surface area contributed by atoms with Crippen LogP contribution in [0.3, 0.4) is 0 Å². The number of hydrogen-bond donors (Lipinski definition) is 2. The van der Waals surface area contributed by atoms with Crippen LogP contribution in [0.15, 0.2) is 66.9 Å². The molecule has 0 aliphatic carbocycles. The van der Waals surface area contributed by atoms with Crippen molar-refractivity contribution in [3.05, 3.63) is 78.0 Å². The number of urea groups is 1. The molecule has 3 aromatic rings. The molecule has 0 spiro atoms. The summed E-state index contributed by atoms with van der Waals surface area (Å²) in [6.45, 7) is 0. The zero-order chi connectivity index (χ0) is 22.4. The van der Waals surface area contributed by atoms with Crippen LogP contribution in [0.1, 0.15) is 15.9 Å². The van der Waals surface area contributed by atoms with E-state index in [2.05, 4.69) is 20.4 Å². The summed E-state index contributed by atoms with van der Waals surface area (Å²) in [5.74, 6) is 0.149. The molecule has 2 amide bonds. The molecule has 3 rings (SSSR count). The number of nitrogens with one attached hydrogen (secondary N) is 2. The lowest BCUT2D eigenvalue weighted by molar-refractivity contribution is -0.137. The van der Waals surface area contributed by atoms with Gasteiger partial charge in [-0.25, -0.2) is 14.6 Å². The molecule has 0 aliphatic rings. The van der Waals surface area contributed by atoms with Crippen molar-refractivity contribution in [1.29, 1.82) is 0 Å². The van der Waals surface area contributed by atoms with Gasteiger partial charge in [-0.2, -0.15) is 13.2 Å². The number of alkyl halides is 3. The molecule has 2 aromatic carbocycles. The summed E-state index contributed by atoms with van der Waals surface area (Å²) in [6, 6.07) is 12.8. The Labute approximate surface area is 174 Å². The normalized spacial score (nSPS) is 10.8. The van der Waals surface area contributed by atoms with Crippen molar-refractivity contribution in [2.45, 2.75) is 6.18 Å². The lowest BCUT2D eigenvalue weighted by atomic mass is 10.2. The van der Waals surface area contributed by atoms with Crippen molar-refractivity contribution >= 4 is 23.4 Å². The number of esters is 1. The van der Waals surface area contributed by atoms with Gasteiger partial charge in [-0.15, -0.1) is 0 Å². The summed E-state index contributed by atoms with van der Waals surface area (Å²) >= 11 is 0. The van der Waals surface area contributed by atoms with Gasteiger partial charge in [0.05, 0.1) is 18.2 Å². The number of amides is 2. The molecule has 31 heavy (non-hydrogen) atoms. The van der Waals surface area contributed by atoms with Gasteiger partial charge >= 0.3 is 18.2 Å². The van der Waals surface area contributed by atoms with E-state index in [1.165, 1.54) is 37.6 Å². The fourth-order valence-corrected chi connectivity index (χ4v) is 2.47. The second-order valence-electron chi connectivity index (χ2n) is 6.16. The third kappa shape index (κ3) is 5.95. The Balaban J connectivity index is 1.58. The Kier molecular flexibility index (Phi) is 6.39. The Bertz CT molecular complexity index is 1070. The Hall–Kier alpha value is -4.08. The summed E-state index contributed by atoms with van der Waals surface area (Å²) in [4.78, 5) is 27.4. The number of ether oxygens (including phenoxy) is 2. The van der Waals surface area contributed by atoms with Crippen molar-refractivity contribution in [3.63, 3.8) is 0 Å². The number of carbonyl (C=O) groups excluding carboxylic acids is 2. The number of pyridine rings is 1. The highest BCUT2D eigenvalue weighted by Crippen LogP contribution is 2.30. The molecule has 7 nitrogen and oxygen atoms in total. The maximum atomic E-state index is 12.8. The van der Waals surface area contributed by atoms with Crippen LogP contribution in [0.2, 0.25) is 0 Å². The number of aromatic nitrogens is 1. The SMILES string of the molecule is COC(=O)c1ccc(Oc2ccc(NC(=O)Nc3cccc(C(F)(F)F)c3)cc2)nc1. The van der Waals surface area contributed by atoms with Crippen LogP contribution < -0.4 is 15.4 Å². The van der Waals surface area contributed by atoms with E-state index in [4.69, 9.17) is 4.74 Å². The van der Waals surface area contributed by atoms with Crippen LogP contribution in [-0.2, 0) is 10.9 Å². The smallest absolute Gasteiger partial charge is 0.416 e. The standard InChI is InChI=1S/C21H16F3N3O4/c1-30-19(28)13-5-10-18(25-12-13)31-17-8-6-15(7-9-17)26-20(29)27-16-4-2-3-14(11-16)21(22,23)24/h2-12H,1H3,(H2,26,27,29). The molecule has 1 heterocycles. The van der Waals surface area contributed by atoms with Gasteiger partial charge < -0.3 is 20.1 Å². The summed E-state index contributed by atoms with van der Waals surface area (Å²) < 4.78 is 48.4. The van der Waals surface area contributed by atoms with Gasteiger partial charge in [-0.05, 0) is 48.5 Å². The molecule has 0 unspecified atom stereocenters. The molecule has 0 saturated heterocycles. The van der Waals surface area contributed by atoms with Crippen molar-refractivity contribution in [1.82, 2.24) is 4.98 Å². The van der Waals surface area contributed by atoms with Crippen LogP contribution >= 0.6 is 0 Å². The Morgan fingerprint density at radius 2 is 1.65 bits per heavy atom. The van der Waals surface area contributed by atoms with Crippen molar-refractivity contribution in [2.75, 3.05) is 17.7 Å². The number of nitrogens with zero attached hydrogens (tertiary/aromatic N) is 1. The van der Waals surface area contributed by atoms with Gasteiger partial charge in [0, 0.05) is 23.6 Å². The third-order valence-corrected chi connectivity index (χ3v) is 3.94. The van der Waals surface area contributed by atoms with Crippen LogP contribution in [0.25, 0.3) is 0 Å². The van der Waals surface area contributed by atoms with E-state index in [9.17, 15) is 22.8 Å². The second-order valence-corrected chi connectivity index (χ2v) is 6.16. The molecule has 1 aromatic heterocycles. The Morgan fingerprint density at radius 1 is 0.935 bits per heavy atom.